The fraction of sp³-hybridized carbons (Fsp3) is 0.765. The molecule has 1 aliphatic carbocycles. The maximum Gasteiger partial charge on any atom is 0.0962 e. The molecule has 1 nitrogen and oxygen atoms in total. The molecule has 2 heteroatoms. The normalized spacial score (nSPS) is 22.8. The van der Waals surface area contributed by atoms with Crippen LogP contribution in [0.1, 0.15) is 40.5 Å². The second-order valence-electron chi connectivity index (χ2n) is 5.88. The molecule has 0 unspecified atom stereocenters. The molecule has 0 bridgehead atoms. The Bertz CT molecular complexity index is 310. The van der Waals surface area contributed by atoms with E-state index in [2.05, 4.69) is 45.2 Å². The van der Waals surface area contributed by atoms with Gasteiger partial charge in [-0.05, 0) is 32.2 Å². The van der Waals surface area contributed by atoms with E-state index in [1.54, 1.807) is 0 Å². The first-order chi connectivity index (χ1) is 9.08. The molecule has 0 N–H and O–H groups in total. The fourth-order valence-corrected chi connectivity index (χ4v) is 2.91. The van der Waals surface area contributed by atoms with E-state index < -0.39 is 0 Å². The van der Waals surface area contributed by atoms with Crippen LogP contribution in [0.2, 0.25) is 0 Å². The van der Waals surface area contributed by atoms with Gasteiger partial charge in [0, 0.05) is 24.4 Å². The van der Waals surface area contributed by atoms with Gasteiger partial charge in [0.15, 0.2) is 0 Å². The van der Waals surface area contributed by atoms with Gasteiger partial charge in [-0.1, -0.05) is 38.5 Å². The van der Waals surface area contributed by atoms with Crippen molar-refractivity contribution in [2.45, 2.75) is 46.6 Å². The first kappa shape index (κ1) is 16.4. The Labute approximate surface area is 118 Å². The minimum atomic E-state index is -0.224. The van der Waals surface area contributed by atoms with Gasteiger partial charge >= 0.3 is 0 Å². The summed E-state index contributed by atoms with van der Waals surface area (Å²) in [4.78, 5) is 2.47. The highest BCUT2D eigenvalue weighted by molar-refractivity contribution is 5.33. The van der Waals surface area contributed by atoms with Crippen molar-refractivity contribution in [3.8, 4) is 0 Å². The fourth-order valence-electron chi connectivity index (χ4n) is 2.91. The third kappa shape index (κ3) is 4.45. The van der Waals surface area contributed by atoms with Crippen LogP contribution in [0.5, 0.6) is 0 Å². The van der Waals surface area contributed by atoms with E-state index in [4.69, 9.17) is 0 Å². The van der Waals surface area contributed by atoms with Crippen LogP contribution in [0.3, 0.4) is 0 Å². The Hall–Kier alpha value is -0.630. The van der Waals surface area contributed by atoms with Gasteiger partial charge in [0.1, 0.15) is 0 Å². The maximum atomic E-state index is 13.4. The lowest BCUT2D eigenvalue weighted by molar-refractivity contribution is 0.159. The van der Waals surface area contributed by atoms with Crippen LogP contribution in [0.4, 0.5) is 4.39 Å². The molecule has 0 saturated heterocycles. The molecule has 1 aliphatic rings. The van der Waals surface area contributed by atoms with E-state index in [0.29, 0.717) is 17.9 Å². The Kier molecular flexibility index (Phi) is 6.78. The minimum Gasteiger partial charge on any atom is -0.301 e. The molecule has 0 aliphatic heterocycles. The van der Waals surface area contributed by atoms with Crippen molar-refractivity contribution in [2.24, 2.45) is 17.8 Å². The summed E-state index contributed by atoms with van der Waals surface area (Å²) in [5.74, 6) is 1.00. The van der Waals surface area contributed by atoms with E-state index in [-0.39, 0.29) is 12.6 Å². The Balaban J connectivity index is 2.52. The molecule has 0 aromatic rings. The molecule has 0 spiro atoms. The third-order valence-corrected chi connectivity index (χ3v) is 4.56. The SMILES string of the molecule is C=CC[C@H]1C=C1[C@@H](CF)[C@H](C)CN(CC)[C@@H](C)CC. The predicted molar refractivity (Wildman–Crippen MR) is 82.0 cm³/mol. The van der Waals surface area contributed by atoms with Crippen LogP contribution < -0.4 is 0 Å². The molecule has 0 aromatic heterocycles. The molecule has 0 fully saturated rings. The van der Waals surface area contributed by atoms with Crippen molar-refractivity contribution in [2.75, 3.05) is 19.8 Å². The molecule has 110 valence electrons. The predicted octanol–water partition coefficient (Wildman–Crippen LogP) is 4.46. The summed E-state index contributed by atoms with van der Waals surface area (Å²) in [7, 11) is 0. The van der Waals surface area contributed by atoms with Crippen LogP contribution in [0.15, 0.2) is 24.3 Å². The van der Waals surface area contributed by atoms with Crippen LogP contribution in [-0.4, -0.2) is 30.7 Å². The van der Waals surface area contributed by atoms with Crippen LogP contribution in [-0.2, 0) is 0 Å². The highest BCUT2D eigenvalue weighted by atomic mass is 19.1. The van der Waals surface area contributed by atoms with Crippen molar-refractivity contribution in [3.05, 3.63) is 24.3 Å². The molecule has 1 rings (SSSR count). The van der Waals surface area contributed by atoms with E-state index in [1.165, 1.54) is 5.57 Å². The largest absolute Gasteiger partial charge is 0.301 e. The maximum absolute atomic E-state index is 13.4. The number of allylic oxidation sites excluding steroid dienone is 3. The first-order valence-electron chi connectivity index (χ1n) is 7.71. The number of hydrogen-bond donors (Lipinski definition) is 0. The van der Waals surface area contributed by atoms with Crippen LogP contribution in [0.25, 0.3) is 0 Å². The zero-order chi connectivity index (χ0) is 14.4. The summed E-state index contributed by atoms with van der Waals surface area (Å²) < 4.78 is 13.4. The van der Waals surface area contributed by atoms with Gasteiger partial charge in [-0.3, -0.25) is 4.39 Å². The molecule has 19 heavy (non-hydrogen) atoms. The smallest absolute Gasteiger partial charge is 0.0962 e. The number of nitrogens with zero attached hydrogens (tertiary/aromatic N) is 1. The second kappa shape index (κ2) is 7.84. The monoisotopic (exact) mass is 267 g/mol. The summed E-state index contributed by atoms with van der Waals surface area (Å²) in [6.45, 7) is 14.5. The third-order valence-electron chi connectivity index (χ3n) is 4.56. The molecule has 4 atom stereocenters. The van der Waals surface area contributed by atoms with Gasteiger partial charge in [0.05, 0.1) is 6.67 Å². The second-order valence-corrected chi connectivity index (χ2v) is 5.88. The molecule has 0 radical (unpaired) electrons. The van der Waals surface area contributed by atoms with Gasteiger partial charge in [0.25, 0.3) is 0 Å². The van der Waals surface area contributed by atoms with Crippen molar-refractivity contribution < 1.29 is 4.39 Å². The summed E-state index contributed by atoms with van der Waals surface area (Å²) >= 11 is 0. The summed E-state index contributed by atoms with van der Waals surface area (Å²) in [6, 6.07) is 0.588. The Morgan fingerprint density at radius 1 is 1.42 bits per heavy atom. The number of alkyl halides is 1. The summed E-state index contributed by atoms with van der Waals surface area (Å²) in [5.41, 5.74) is 1.33. The molecular weight excluding hydrogens is 237 g/mol. The van der Waals surface area contributed by atoms with Gasteiger partial charge in [0.2, 0.25) is 0 Å². The van der Waals surface area contributed by atoms with Crippen molar-refractivity contribution >= 4 is 0 Å². The van der Waals surface area contributed by atoms with Crippen LogP contribution >= 0.6 is 0 Å². The quantitative estimate of drug-likeness (QED) is 0.528. The molecule has 0 heterocycles. The van der Waals surface area contributed by atoms with Gasteiger partial charge < -0.3 is 4.90 Å². The number of hydrogen-bond acceptors (Lipinski definition) is 1. The zero-order valence-electron chi connectivity index (χ0n) is 13.0. The Morgan fingerprint density at radius 2 is 2.11 bits per heavy atom. The van der Waals surface area contributed by atoms with E-state index in [9.17, 15) is 4.39 Å². The van der Waals surface area contributed by atoms with Crippen molar-refractivity contribution in [3.63, 3.8) is 0 Å². The Morgan fingerprint density at radius 3 is 2.58 bits per heavy atom. The lowest BCUT2D eigenvalue weighted by atomic mass is 9.89. The van der Waals surface area contributed by atoms with Crippen molar-refractivity contribution in [1.82, 2.24) is 4.90 Å². The molecule has 0 amide bonds. The molecule has 0 saturated carbocycles. The number of rotatable bonds is 10. The minimum absolute atomic E-state index is 0.114. The zero-order valence-corrected chi connectivity index (χ0v) is 13.0. The summed E-state index contributed by atoms with van der Waals surface area (Å²) in [6.07, 6.45) is 6.29. The molecular formula is C17H30FN. The topological polar surface area (TPSA) is 3.24 Å². The van der Waals surface area contributed by atoms with Gasteiger partial charge in [-0.25, -0.2) is 0 Å². The van der Waals surface area contributed by atoms with Crippen molar-refractivity contribution in [1.29, 1.82) is 0 Å². The molecule has 0 aromatic carbocycles. The highest BCUT2D eigenvalue weighted by Gasteiger charge is 2.34. The average Bonchev–Trinajstić information content (AvgIpc) is 3.15. The lowest BCUT2D eigenvalue weighted by Gasteiger charge is -2.32. The van der Waals surface area contributed by atoms with E-state index in [1.807, 2.05) is 6.08 Å². The highest BCUT2D eigenvalue weighted by Crippen LogP contribution is 2.42. The van der Waals surface area contributed by atoms with E-state index in [0.717, 1.165) is 25.9 Å². The van der Waals surface area contributed by atoms with Gasteiger partial charge in [-0.2, -0.15) is 0 Å². The van der Waals surface area contributed by atoms with E-state index >= 15 is 0 Å². The van der Waals surface area contributed by atoms with Crippen LogP contribution in [0, 0.1) is 17.8 Å². The lowest BCUT2D eigenvalue weighted by Crippen LogP contribution is -2.38. The van der Waals surface area contributed by atoms with Gasteiger partial charge in [-0.15, -0.1) is 6.58 Å². The first-order valence-corrected chi connectivity index (χ1v) is 7.71. The number of halogens is 1. The standard InChI is InChI=1S/C17H30FN/c1-6-9-15-10-16(15)17(11-18)13(4)12-19(8-3)14(5)7-2/h6,10,13-15,17H,1,7-9,11-12H2,2-5H3/t13-,14+,15+,17+/m1/s1. The summed E-state index contributed by atoms with van der Waals surface area (Å²) in [5, 5.41) is 0. The average molecular weight is 267 g/mol.